The molecule has 2 amide bonds. The van der Waals surface area contributed by atoms with Crippen molar-refractivity contribution in [3.63, 3.8) is 0 Å². The van der Waals surface area contributed by atoms with Gasteiger partial charge in [-0.15, -0.1) is 0 Å². The lowest BCUT2D eigenvalue weighted by atomic mass is 10.2. The van der Waals surface area contributed by atoms with Gasteiger partial charge in [-0.2, -0.15) is 5.10 Å². The van der Waals surface area contributed by atoms with E-state index in [-0.39, 0.29) is 5.02 Å². The molecule has 0 aliphatic carbocycles. The molecule has 0 spiro atoms. The van der Waals surface area contributed by atoms with Gasteiger partial charge in [-0.25, -0.2) is 14.6 Å². The summed E-state index contributed by atoms with van der Waals surface area (Å²) in [6.45, 7) is 0. The summed E-state index contributed by atoms with van der Waals surface area (Å²) < 4.78 is 12.6. The van der Waals surface area contributed by atoms with Crippen LogP contribution >= 0.6 is 11.6 Å². The van der Waals surface area contributed by atoms with Gasteiger partial charge in [0.1, 0.15) is 5.82 Å². The summed E-state index contributed by atoms with van der Waals surface area (Å²) in [5.74, 6) is -0.435. The Labute approximate surface area is 84.5 Å². The molecule has 0 unspecified atom stereocenters. The minimum atomic E-state index is -0.778. The first-order valence-electron chi connectivity index (χ1n) is 3.63. The Bertz CT molecular complexity index is 381. The smallest absolute Gasteiger partial charge is 0.332 e. The Hall–Kier alpha value is -1.62. The molecule has 6 heteroatoms. The van der Waals surface area contributed by atoms with Gasteiger partial charge in [0.05, 0.1) is 11.2 Å². The summed E-state index contributed by atoms with van der Waals surface area (Å²) in [6, 6.07) is 3.04. The molecule has 0 heterocycles. The molecule has 0 saturated carbocycles. The summed E-state index contributed by atoms with van der Waals surface area (Å²) >= 11 is 5.67. The van der Waals surface area contributed by atoms with Gasteiger partial charge in [0.25, 0.3) is 0 Å². The Morgan fingerprint density at radius 3 is 2.93 bits per heavy atom. The van der Waals surface area contributed by atoms with E-state index in [0.29, 0.717) is 5.56 Å². The van der Waals surface area contributed by atoms with Gasteiger partial charge in [-0.1, -0.05) is 11.6 Å². The molecule has 0 fully saturated rings. The summed E-state index contributed by atoms with van der Waals surface area (Å²) in [5, 5.41) is 3.68. The number of nitrogens with two attached hydrogens (primary N) is 1. The van der Waals surface area contributed by atoms with E-state index in [4.69, 9.17) is 17.3 Å². The molecule has 0 atom stereocenters. The Kier molecular flexibility index (Phi) is 3.41. The molecule has 74 valence electrons. The van der Waals surface area contributed by atoms with Crippen LogP contribution in [0, 0.1) is 5.82 Å². The lowest BCUT2D eigenvalue weighted by Gasteiger charge is -1.97. The number of amides is 2. The Morgan fingerprint density at radius 2 is 2.36 bits per heavy atom. The predicted octanol–water partition coefficient (Wildman–Crippen LogP) is 1.48. The molecule has 1 rings (SSSR count). The third-order valence-electron chi connectivity index (χ3n) is 1.34. The van der Waals surface area contributed by atoms with Crippen LogP contribution in [0.15, 0.2) is 23.3 Å². The van der Waals surface area contributed by atoms with Crippen molar-refractivity contribution in [1.29, 1.82) is 0 Å². The van der Waals surface area contributed by atoms with Gasteiger partial charge in [0.2, 0.25) is 0 Å². The summed E-state index contributed by atoms with van der Waals surface area (Å²) in [4.78, 5) is 10.2. The van der Waals surface area contributed by atoms with Gasteiger partial charge in [0, 0.05) is 5.56 Å². The molecular formula is C8H7ClFN3O. The molecule has 0 bridgehead atoms. The Balaban J connectivity index is 2.76. The number of hydrogen-bond donors (Lipinski definition) is 2. The van der Waals surface area contributed by atoms with Crippen LogP contribution in [0.4, 0.5) is 9.18 Å². The second-order valence-corrected chi connectivity index (χ2v) is 2.81. The van der Waals surface area contributed by atoms with E-state index in [1.54, 1.807) is 0 Å². The fourth-order valence-corrected chi connectivity index (χ4v) is 0.988. The molecule has 0 aliphatic rings. The van der Waals surface area contributed by atoms with Crippen LogP contribution in [0.2, 0.25) is 5.02 Å². The molecular weight excluding hydrogens is 209 g/mol. The van der Waals surface area contributed by atoms with Gasteiger partial charge in [0.15, 0.2) is 0 Å². The SMILES string of the molecule is NC(=O)NN=Cc1ccc(F)cc1Cl. The first kappa shape index (κ1) is 10.5. The quantitative estimate of drug-likeness (QED) is 0.570. The zero-order valence-corrected chi connectivity index (χ0v) is 7.75. The van der Waals surface area contributed by atoms with Gasteiger partial charge >= 0.3 is 6.03 Å². The first-order valence-corrected chi connectivity index (χ1v) is 4.01. The van der Waals surface area contributed by atoms with Crippen LogP contribution in [-0.2, 0) is 0 Å². The van der Waals surface area contributed by atoms with Crippen LogP contribution in [0.1, 0.15) is 5.56 Å². The summed E-state index contributed by atoms with van der Waals surface area (Å²) in [5.41, 5.74) is 7.24. The highest BCUT2D eigenvalue weighted by Crippen LogP contribution is 2.14. The number of carbonyl (C=O) groups excluding carboxylic acids is 1. The third-order valence-corrected chi connectivity index (χ3v) is 1.67. The predicted molar refractivity (Wildman–Crippen MR) is 51.7 cm³/mol. The minimum Gasteiger partial charge on any atom is -0.350 e. The number of rotatable bonds is 2. The second-order valence-electron chi connectivity index (χ2n) is 2.40. The monoisotopic (exact) mass is 215 g/mol. The van der Waals surface area contributed by atoms with Crippen molar-refractivity contribution in [1.82, 2.24) is 5.43 Å². The van der Waals surface area contributed by atoms with Crippen LogP contribution < -0.4 is 11.2 Å². The topological polar surface area (TPSA) is 67.5 Å². The van der Waals surface area contributed by atoms with Crippen molar-refractivity contribution in [2.75, 3.05) is 0 Å². The number of urea groups is 1. The number of nitrogens with zero attached hydrogens (tertiary/aromatic N) is 1. The summed E-state index contributed by atoms with van der Waals surface area (Å²) in [6.07, 6.45) is 1.27. The van der Waals surface area contributed by atoms with Crippen molar-refractivity contribution in [2.45, 2.75) is 0 Å². The third kappa shape index (κ3) is 3.02. The van der Waals surface area contributed by atoms with Crippen molar-refractivity contribution < 1.29 is 9.18 Å². The van der Waals surface area contributed by atoms with Gasteiger partial charge in [-0.05, 0) is 18.2 Å². The number of primary amides is 1. The number of nitrogens with one attached hydrogen (secondary N) is 1. The van der Waals surface area contributed by atoms with Crippen LogP contribution in [0.25, 0.3) is 0 Å². The molecule has 14 heavy (non-hydrogen) atoms. The molecule has 0 saturated heterocycles. The number of hydrazone groups is 1. The zero-order chi connectivity index (χ0) is 10.6. The maximum absolute atomic E-state index is 12.6. The average Bonchev–Trinajstić information content (AvgIpc) is 2.08. The highest BCUT2D eigenvalue weighted by molar-refractivity contribution is 6.33. The van der Waals surface area contributed by atoms with E-state index >= 15 is 0 Å². The van der Waals surface area contributed by atoms with E-state index in [0.717, 1.165) is 6.07 Å². The molecule has 1 aromatic rings. The molecule has 1 aromatic carbocycles. The number of benzene rings is 1. The lowest BCUT2D eigenvalue weighted by molar-refractivity contribution is 0.249. The van der Waals surface area contributed by atoms with Crippen LogP contribution in [0.3, 0.4) is 0 Å². The lowest BCUT2D eigenvalue weighted by Crippen LogP contribution is -2.24. The van der Waals surface area contributed by atoms with Crippen molar-refractivity contribution in [3.8, 4) is 0 Å². The highest BCUT2D eigenvalue weighted by Gasteiger charge is 1.98. The van der Waals surface area contributed by atoms with Gasteiger partial charge in [-0.3, -0.25) is 0 Å². The first-order chi connectivity index (χ1) is 6.59. The number of halogens is 2. The van der Waals surface area contributed by atoms with E-state index in [1.165, 1.54) is 18.3 Å². The molecule has 4 nitrogen and oxygen atoms in total. The minimum absolute atomic E-state index is 0.208. The van der Waals surface area contributed by atoms with Crippen molar-refractivity contribution in [2.24, 2.45) is 10.8 Å². The maximum Gasteiger partial charge on any atom is 0.332 e. The number of carbonyl (C=O) groups is 1. The summed E-state index contributed by atoms with van der Waals surface area (Å²) in [7, 11) is 0. The molecule has 3 N–H and O–H groups in total. The van der Waals surface area contributed by atoms with Gasteiger partial charge < -0.3 is 5.73 Å². The fourth-order valence-electron chi connectivity index (χ4n) is 0.772. The largest absolute Gasteiger partial charge is 0.350 e. The van der Waals surface area contributed by atoms with Crippen molar-refractivity contribution >= 4 is 23.8 Å². The molecule has 0 radical (unpaired) electrons. The van der Waals surface area contributed by atoms with E-state index in [1.807, 2.05) is 5.43 Å². The Morgan fingerprint density at radius 1 is 1.64 bits per heavy atom. The normalized spacial score (nSPS) is 10.4. The van der Waals surface area contributed by atoms with E-state index in [9.17, 15) is 9.18 Å². The maximum atomic E-state index is 12.6. The average molecular weight is 216 g/mol. The van der Waals surface area contributed by atoms with E-state index < -0.39 is 11.8 Å². The van der Waals surface area contributed by atoms with E-state index in [2.05, 4.69) is 5.10 Å². The van der Waals surface area contributed by atoms with Crippen LogP contribution in [-0.4, -0.2) is 12.2 Å². The number of hydrogen-bond acceptors (Lipinski definition) is 2. The van der Waals surface area contributed by atoms with Crippen molar-refractivity contribution in [3.05, 3.63) is 34.6 Å². The van der Waals surface area contributed by atoms with Crippen LogP contribution in [0.5, 0.6) is 0 Å². The highest BCUT2D eigenvalue weighted by atomic mass is 35.5. The molecule has 0 aromatic heterocycles. The standard InChI is InChI=1S/C8H7ClFN3O/c9-7-3-6(10)2-1-5(7)4-12-13-8(11)14/h1-4H,(H3,11,13,14). The molecule has 0 aliphatic heterocycles. The fraction of sp³-hybridized carbons (Fsp3) is 0. The zero-order valence-electron chi connectivity index (χ0n) is 7.00. The second kappa shape index (κ2) is 4.57.